The Labute approximate surface area is 333 Å². The SMILES string of the molecule is CC[C@H]1OC(=O)[C@H](C)C(=O)[C@H](C)[C@@H](O[C@@H]2O[C@H](C)C[C@H](N(C)C)[C@H]2O)C(C)(OCC#Cc2ccc(-c3cnccn3)s2)C[C@@H](C)C(=O)[C@H](C)[C@H]2NC(=O)O[C@@]21C. The van der Waals surface area contributed by atoms with Crippen molar-refractivity contribution in [3.05, 3.63) is 35.6 Å². The molecular formula is C41H56N4O10S. The van der Waals surface area contributed by atoms with E-state index in [1.807, 2.05) is 38.1 Å². The molecule has 14 nitrogen and oxygen atoms in total. The van der Waals surface area contributed by atoms with E-state index in [1.54, 1.807) is 60.1 Å². The maximum Gasteiger partial charge on any atom is 0.408 e. The monoisotopic (exact) mass is 796 g/mol. The van der Waals surface area contributed by atoms with Crippen molar-refractivity contribution >= 4 is 35.0 Å². The van der Waals surface area contributed by atoms with Gasteiger partial charge in [0.05, 0.1) is 45.5 Å². The van der Waals surface area contributed by atoms with Crippen LogP contribution >= 0.6 is 11.3 Å². The molecule has 3 saturated heterocycles. The van der Waals surface area contributed by atoms with Gasteiger partial charge in [0.25, 0.3) is 0 Å². The Morgan fingerprint density at radius 3 is 2.45 bits per heavy atom. The number of carbonyl (C=O) groups is 4. The van der Waals surface area contributed by atoms with Crippen molar-refractivity contribution in [2.75, 3.05) is 20.7 Å². The molecule has 306 valence electrons. The Morgan fingerprint density at radius 1 is 1.05 bits per heavy atom. The van der Waals surface area contributed by atoms with Gasteiger partial charge in [0.15, 0.2) is 17.7 Å². The Balaban J connectivity index is 1.55. The maximum absolute atomic E-state index is 14.4. The predicted molar refractivity (Wildman–Crippen MR) is 207 cm³/mol. The minimum atomic E-state index is -1.41. The van der Waals surface area contributed by atoms with Crippen molar-refractivity contribution in [2.24, 2.45) is 23.7 Å². The molecule has 1 amide bonds. The van der Waals surface area contributed by atoms with Crippen molar-refractivity contribution in [1.29, 1.82) is 0 Å². The van der Waals surface area contributed by atoms with Gasteiger partial charge in [-0.2, -0.15) is 0 Å². The lowest BCUT2D eigenvalue weighted by Crippen LogP contribution is -2.60. The van der Waals surface area contributed by atoms with E-state index < -0.39 is 83.4 Å². The van der Waals surface area contributed by atoms with Gasteiger partial charge in [0.1, 0.15) is 30.5 Å². The fourth-order valence-corrected chi connectivity index (χ4v) is 9.26. The summed E-state index contributed by atoms with van der Waals surface area (Å²) in [5.74, 6) is 0.968. The van der Waals surface area contributed by atoms with E-state index in [9.17, 15) is 24.3 Å². The summed E-state index contributed by atoms with van der Waals surface area (Å²) < 4.78 is 31.2. The first-order valence-corrected chi connectivity index (χ1v) is 20.1. The van der Waals surface area contributed by atoms with Gasteiger partial charge in [-0.05, 0) is 73.2 Å². The highest BCUT2D eigenvalue weighted by Gasteiger charge is 2.57. The molecule has 2 aromatic rings. The standard InChI is InChI=1S/C41H56N4O10S/c1-11-31-41(8)35(44-39(50)55-41)24(4)32(46)22(2)20-40(7,51-18-12-13-27-14-15-30(56-27)28-21-42-16-17-43-28)36(25(5)33(47)26(6)37(49)53-31)54-38-34(48)29(45(9)10)19-23(3)52-38/h14-17,21-26,29,31,34-36,38,48H,11,18-20H2,1-10H3,(H,44,50)/t22-,23-,24+,25+,26-,29+,31-,34-,35-,36-,38+,40?,41-/m1/s1. The van der Waals surface area contributed by atoms with Crippen molar-refractivity contribution < 1.29 is 48.0 Å². The normalized spacial score (nSPS) is 37.1. The summed E-state index contributed by atoms with van der Waals surface area (Å²) in [6.45, 7) is 13.5. The van der Waals surface area contributed by atoms with Crippen molar-refractivity contribution in [1.82, 2.24) is 20.2 Å². The molecule has 1 unspecified atom stereocenters. The highest BCUT2D eigenvalue weighted by atomic mass is 32.1. The number of ketones is 2. The molecule has 2 N–H and O–H groups in total. The van der Waals surface area contributed by atoms with Gasteiger partial charge in [-0.1, -0.05) is 39.5 Å². The number of Topliss-reactive ketones (excluding diaryl/α,β-unsaturated/α-hetero) is 2. The summed E-state index contributed by atoms with van der Waals surface area (Å²) in [6.07, 6.45) is 0.380. The summed E-state index contributed by atoms with van der Waals surface area (Å²) >= 11 is 1.45. The van der Waals surface area contributed by atoms with Crippen LogP contribution in [0, 0.1) is 35.5 Å². The first-order valence-electron chi connectivity index (χ1n) is 19.3. The molecule has 3 aliphatic heterocycles. The van der Waals surface area contributed by atoms with Gasteiger partial charge in [0.2, 0.25) is 0 Å². The lowest BCUT2D eigenvalue weighted by Gasteiger charge is -2.47. The molecule has 56 heavy (non-hydrogen) atoms. The number of ether oxygens (including phenoxy) is 5. The summed E-state index contributed by atoms with van der Waals surface area (Å²) in [5, 5.41) is 14.4. The number of fused-ring (bicyclic) bond motifs is 1. The predicted octanol–water partition coefficient (Wildman–Crippen LogP) is 4.42. The zero-order chi connectivity index (χ0) is 41.1. The number of aromatic nitrogens is 2. The first-order chi connectivity index (χ1) is 26.4. The minimum absolute atomic E-state index is 0.0553. The van der Waals surface area contributed by atoms with Crippen LogP contribution in [0.4, 0.5) is 4.79 Å². The molecule has 0 aliphatic carbocycles. The van der Waals surface area contributed by atoms with Crippen LogP contribution in [0.1, 0.15) is 79.5 Å². The van der Waals surface area contributed by atoms with E-state index in [0.29, 0.717) is 6.42 Å². The highest BCUT2D eigenvalue weighted by Crippen LogP contribution is 2.40. The van der Waals surface area contributed by atoms with Crippen molar-refractivity contribution in [3.63, 3.8) is 0 Å². The fraction of sp³-hybridized carbons (Fsp3) is 0.659. The Morgan fingerprint density at radius 2 is 1.79 bits per heavy atom. The minimum Gasteiger partial charge on any atom is -0.458 e. The molecule has 15 heteroatoms. The second-order valence-corrected chi connectivity index (χ2v) is 17.1. The fourth-order valence-electron chi connectivity index (χ4n) is 8.42. The van der Waals surface area contributed by atoms with Gasteiger partial charge < -0.3 is 39.0 Å². The van der Waals surface area contributed by atoms with E-state index >= 15 is 0 Å². The summed E-state index contributed by atoms with van der Waals surface area (Å²) in [4.78, 5) is 67.4. The number of esters is 1. The van der Waals surface area contributed by atoms with E-state index in [2.05, 4.69) is 27.1 Å². The molecule has 0 radical (unpaired) electrons. The second-order valence-electron chi connectivity index (χ2n) is 16.0. The average Bonchev–Trinajstić information content (AvgIpc) is 3.77. The van der Waals surface area contributed by atoms with E-state index in [-0.39, 0.29) is 37.4 Å². The number of alkyl carbamates (subject to hydrolysis) is 1. The largest absolute Gasteiger partial charge is 0.458 e. The number of hydrogen-bond acceptors (Lipinski definition) is 14. The van der Waals surface area contributed by atoms with Crippen LogP contribution in [0.3, 0.4) is 0 Å². The number of nitrogens with zero attached hydrogens (tertiary/aromatic N) is 3. The molecular weight excluding hydrogens is 741 g/mol. The number of thiophene rings is 1. The quantitative estimate of drug-likeness (QED) is 0.229. The number of hydrogen-bond donors (Lipinski definition) is 2. The van der Waals surface area contributed by atoms with Crippen molar-refractivity contribution in [2.45, 2.75) is 129 Å². The van der Waals surface area contributed by atoms with E-state index in [0.717, 1.165) is 15.4 Å². The lowest BCUT2D eigenvalue weighted by molar-refractivity contribution is -0.296. The number of cyclic esters (lactones) is 1. The van der Waals surface area contributed by atoms with Gasteiger partial charge in [-0.25, -0.2) is 4.79 Å². The van der Waals surface area contributed by atoms with Gasteiger partial charge >= 0.3 is 12.1 Å². The highest BCUT2D eigenvalue weighted by molar-refractivity contribution is 7.16. The molecule has 5 heterocycles. The number of nitrogens with one attached hydrogen (secondary N) is 1. The smallest absolute Gasteiger partial charge is 0.408 e. The van der Waals surface area contributed by atoms with Gasteiger partial charge in [-0.15, -0.1) is 11.3 Å². The van der Waals surface area contributed by atoms with Crippen LogP contribution in [-0.2, 0) is 38.1 Å². The number of aliphatic hydroxyl groups excluding tert-OH is 1. The van der Waals surface area contributed by atoms with Crippen LogP contribution in [-0.4, -0.2) is 118 Å². The van der Waals surface area contributed by atoms with E-state index in [1.165, 1.54) is 18.3 Å². The molecule has 13 atom stereocenters. The summed E-state index contributed by atoms with van der Waals surface area (Å²) in [6, 6.07) is 2.64. The molecule has 0 bridgehead atoms. The number of carbonyl (C=O) groups excluding carboxylic acids is 4. The third kappa shape index (κ3) is 9.16. The Hall–Kier alpha value is -3.78. The van der Waals surface area contributed by atoms with E-state index in [4.69, 9.17) is 23.7 Å². The van der Waals surface area contributed by atoms with Crippen LogP contribution in [0.25, 0.3) is 10.6 Å². The average molecular weight is 797 g/mol. The zero-order valence-electron chi connectivity index (χ0n) is 33.9. The molecule has 5 rings (SSSR count). The number of rotatable bonds is 7. The zero-order valence-corrected chi connectivity index (χ0v) is 34.8. The molecule has 2 aromatic heterocycles. The molecule has 0 saturated carbocycles. The van der Waals surface area contributed by atoms with Crippen molar-refractivity contribution in [3.8, 4) is 22.4 Å². The molecule has 3 aliphatic rings. The lowest BCUT2D eigenvalue weighted by atomic mass is 9.73. The van der Waals surface area contributed by atoms with Crippen LogP contribution in [0.15, 0.2) is 30.7 Å². The molecule has 0 aromatic carbocycles. The Kier molecular flexibility index (Phi) is 13.8. The molecule has 0 spiro atoms. The second kappa shape index (κ2) is 17.8. The summed E-state index contributed by atoms with van der Waals surface area (Å²) in [7, 11) is 3.72. The summed E-state index contributed by atoms with van der Waals surface area (Å²) in [5.41, 5.74) is -2.07. The Bertz CT molecular complexity index is 1800. The van der Waals surface area contributed by atoms with Gasteiger partial charge in [0, 0.05) is 36.2 Å². The maximum atomic E-state index is 14.4. The topological polar surface area (TPSA) is 176 Å². The van der Waals surface area contributed by atoms with Gasteiger partial charge in [-0.3, -0.25) is 24.4 Å². The van der Waals surface area contributed by atoms with Crippen LogP contribution in [0.5, 0.6) is 0 Å². The number of amides is 1. The first kappa shape index (κ1) is 43.3. The number of likely N-dealkylation sites (N-methyl/N-ethyl adjacent to an activating group) is 1. The van der Waals surface area contributed by atoms with Crippen LogP contribution in [0.2, 0.25) is 0 Å². The molecule has 3 fully saturated rings. The third-order valence-electron chi connectivity index (χ3n) is 11.6. The third-order valence-corrected chi connectivity index (χ3v) is 12.6. The number of aliphatic hydroxyl groups is 1. The van der Waals surface area contributed by atoms with Crippen LogP contribution < -0.4 is 5.32 Å².